The normalized spacial score (nSPS) is 18.8. The Hall–Kier alpha value is -1.96. The average molecular weight is 342 g/mol. The number of hydrogen-bond donors (Lipinski definition) is 2. The van der Waals surface area contributed by atoms with Crippen molar-refractivity contribution in [1.29, 1.82) is 0 Å². The molecule has 2 amide bonds. The van der Waals surface area contributed by atoms with E-state index < -0.39 is 39.1 Å². The highest BCUT2D eigenvalue weighted by atomic mass is 32.2. The Bertz CT molecular complexity index is 690. The van der Waals surface area contributed by atoms with Gasteiger partial charge in [0.2, 0.25) is 11.8 Å². The predicted molar refractivity (Wildman–Crippen MR) is 82.7 cm³/mol. The minimum atomic E-state index is -3.82. The van der Waals surface area contributed by atoms with Gasteiger partial charge in [-0.05, 0) is 25.3 Å². The van der Waals surface area contributed by atoms with E-state index in [0.29, 0.717) is 13.0 Å². The third-order valence-electron chi connectivity index (χ3n) is 3.55. The van der Waals surface area contributed by atoms with Gasteiger partial charge < -0.3 is 10.6 Å². The van der Waals surface area contributed by atoms with Crippen molar-refractivity contribution >= 4 is 21.7 Å². The molecule has 126 valence electrons. The van der Waals surface area contributed by atoms with Crippen molar-refractivity contribution in [1.82, 2.24) is 10.6 Å². The molecular weight excluding hydrogens is 323 g/mol. The Kier molecular flexibility index (Phi) is 5.70. The lowest BCUT2D eigenvalue weighted by Crippen LogP contribution is -2.47. The maximum absolute atomic E-state index is 13.5. The number of halogens is 1. The molecule has 0 radical (unpaired) electrons. The van der Waals surface area contributed by atoms with Gasteiger partial charge in [0, 0.05) is 12.1 Å². The Morgan fingerprint density at radius 1 is 1.30 bits per heavy atom. The standard InChI is InChI=1S/C15H19FN2O4S/c16-12-6-2-1-5-11(12)9-23(21,22)10-14(19)18-13-7-3-4-8-17-15(13)20/h1-2,5-6,13H,3-4,7-10H2,(H,17,20)(H,18,19). The third kappa shape index (κ3) is 5.31. The SMILES string of the molecule is O=C(CS(=O)(=O)Cc1ccccc1F)NC1CCCCNC1=O. The molecule has 1 fully saturated rings. The van der Waals surface area contributed by atoms with Gasteiger partial charge in [0.15, 0.2) is 9.84 Å². The highest BCUT2D eigenvalue weighted by molar-refractivity contribution is 7.91. The number of nitrogens with one attached hydrogen (secondary N) is 2. The second-order valence-corrected chi connectivity index (χ2v) is 7.60. The highest BCUT2D eigenvalue weighted by Crippen LogP contribution is 2.11. The lowest BCUT2D eigenvalue weighted by molar-refractivity contribution is -0.127. The van der Waals surface area contributed by atoms with Gasteiger partial charge in [-0.3, -0.25) is 9.59 Å². The van der Waals surface area contributed by atoms with Crippen LogP contribution in [0.3, 0.4) is 0 Å². The van der Waals surface area contributed by atoms with E-state index in [9.17, 15) is 22.4 Å². The Morgan fingerprint density at radius 3 is 2.78 bits per heavy atom. The summed E-state index contributed by atoms with van der Waals surface area (Å²) in [6.07, 6.45) is 2.07. The minimum Gasteiger partial charge on any atom is -0.354 e. The van der Waals surface area contributed by atoms with Crippen molar-refractivity contribution in [3.05, 3.63) is 35.6 Å². The largest absolute Gasteiger partial charge is 0.354 e. The van der Waals surface area contributed by atoms with E-state index in [1.807, 2.05) is 0 Å². The highest BCUT2D eigenvalue weighted by Gasteiger charge is 2.25. The summed E-state index contributed by atoms with van der Waals surface area (Å²) in [7, 11) is -3.82. The van der Waals surface area contributed by atoms with Crippen LogP contribution in [0.5, 0.6) is 0 Å². The van der Waals surface area contributed by atoms with Crippen LogP contribution in [0.25, 0.3) is 0 Å². The first-order valence-electron chi connectivity index (χ1n) is 7.38. The zero-order valence-electron chi connectivity index (χ0n) is 12.5. The summed E-state index contributed by atoms with van der Waals surface area (Å²) < 4.78 is 37.6. The molecule has 1 atom stereocenters. The summed E-state index contributed by atoms with van der Waals surface area (Å²) in [6.45, 7) is 0.552. The maximum Gasteiger partial charge on any atom is 0.242 e. The van der Waals surface area contributed by atoms with Gasteiger partial charge in [0.05, 0.1) is 5.75 Å². The molecule has 0 spiro atoms. The van der Waals surface area contributed by atoms with Crippen LogP contribution in [-0.2, 0) is 25.2 Å². The molecule has 1 heterocycles. The van der Waals surface area contributed by atoms with E-state index in [1.54, 1.807) is 0 Å². The molecule has 1 aliphatic rings. The van der Waals surface area contributed by atoms with Gasteiger partial charge in [-0.2, -0.15) is 0 Å². The van der Waals surface area contributed by atoms with Crippen molar-refractivity contribution in [3.63, 3.8) is 0 Å². The van der Waals surface area contributed by atoms with Crippen molar-refractivity contribution in [3.8, 4) is 0 Å². The van der Waals surface area contributed by atoms with E-state index >= 15 is 0 Å². The molecule has 1 unspecified atom stereocenters. The van der Waals surface area contributed by atoms with Crippen molar-refractivity contribution in [2.75, 3.05) is 12.3 Å². The van der Waals surface area contributed by atoms with Gasteiger partial charge in [-0.25, -0.2) is 12.8 Å². The summed E-state index contributed by atoms with van der Waals surface area (Å²) in [5.74, 6) is -3.00. The van der Waals surface area contributed by atoms with Gasteiger partial charge in [0.25, 0.3) is 0 Å². The number of rotatable bonds is 5. The van der Waals surface area contributed by atoms with E-state index in [1.165, 1.54) is 24.3 Å². The molecule has 2 rings (SSSR count). The summed E-state index contributed by atoms with van der Waals surface area (Å²) in [5, 5.41) is 5.10. The second-order valence-electron chi connectivity index (χ2n) is 5.53. The molecule has 1 aromatic carbocycles. The summed E-state index contributed by atoms with van der Waals surface area (Å²) in [5.41, 5.74) is 0.0208. The van der Waals surface area contributed by atoms with Gasteiger partial charge in [-0.15, -0.1) is 0 Å². The van der Waals surface area contributed by atoms with E-state index in [0.717, 1.165) is 12.8 Å². The molecule has 1 aromatic rings. The first kappa shape index (κ1) is 17.4. The Labute approximate surface area is 134 Å². The predicted octanol–water partition coefficient (Wildman–Crippen LogP) is 0.525. The number of benzene rings is 1. The number of amides is 2. The van der Waals surface area contributed by atoms with Crippen LogP contribution >= 0.6 is 0 Å². The average Bonchev–Trinajstić information content (AvgIpc) is 2.66. The molecule has 0 aromatic heterocycles. The van der Waals surface area contributed by atoms with Crippen molar-refractivity contribution in [2.45, 2.75) is 31.1 Å². The molecule has 0 bridgehead atoms. The van der Waals surface area contributed by atoms with Crippen LogP contribution in [-0.4, -0.2) is 38.6 Å². The Morgan fingerprint density at radius 2 is 2.04 bits per heavy atom. The van der Waals surface area contributed by atoms with E-state index in [-0.39, 0.29) is 11.5 Å². The molecule has 8 heteroatoms. The van der Waals surface area contributed by atoms with Crippen LogP contribution in [0, 0.1) is 5.82 Å². The van der Waals surface area contributed by atoms with Crippen LogP contribution in [0.1, 0.15) is 24.8 Å². The zero-order chi connectivity index (χ0) is 16.9. The lowest BCUT2D eigenvalue weighted by atomic mass is 10.1. The fourth-order valence-electron chi connectivity index (χ4n) is 2.42. The molecule has 2 N–H and O–H groups in total. The fraction of sp³-hybridized carbons (Fsp3) is 0.467. The van der Waals surface area contributed by atoms with E-state index in [4.69, 9.17) is 0 Å². The molecule has 6 nitrogen and oxygen atoms in total. The van der Waals surface area contributed by atoms with E-state index in [2.05, 4.69) is 10.6 Å². The van der Waals surface area contributed by atoms with Crippen molar-refractivity contribution < 1.29 is 22.4 Å². The first-order chi connectivity index (χ1) is 10.9. The molecule has 23 heavy (non-hydrogen) atoms. The fourth-order valence-corrected chi connectivity index (χ4v) is 3.71. The molecule has 1 saturated heterocycles. The minimum absolute atomic E-state index is 0.0208. The van der Waals surface area contributed by atoms with Crippen LogP contribution in [0.2, 0.25) is 0 Å². The Balaban J connectivity index is 1.95. The number of carbonyl (C=O) groups excluding carboxylic acids is 2. The second kappa shape index (κ2) is 7.54. The number of sulfone groups is 1. The van der Waals surface area contributed by atoms with Crippen molar-refractivity contribution in [2.24, 2.45) is 0 Å². The van der Waals surface area contributed by atoms with Crippen LogP contribution in [0.4, 0.5) is 4.39 Å². The lowest BCUT2D eigenvalue weighted by Gasteiger charge is -2.15. The zero-order valence-corrected chi connectivity index (χ0v) is 13.4. The van der Waals surface area contributed by atoms with Gasteiger partial charge in [0.1, 0.15) is 17.6 Å². The molecule has 0 saturated carbocycles. The van der Waals surface area contributed by atoms with Gasteiger partial charge in [-0.1, -0.05) is 18.2 Å². The molecular formula is C15H19FN2O4S. The monoisotopic (exact) mass is 342 g/mol. The molecule has 1 aliphatic heterocycles. The van der Waals surface area contributed by atoms with Crippen LogP contribution < -0.4 is 10.6 Å². The number of carbonyl (C=O) groups is 2. The quantitative estimate of drug-likeness (QED) is 0.816. The number of hydrogen-bond acceptors (Lipinski definition) is 4. The van der Waals surface area contributed by atoms with Crippen LogP contribution in [0.15, 0.2) is 24.3 Å². The third-order valence-corrected chi connectivity index (χ3v) is 5.01. The molecule has 0 aliphatic carbocycles. The smallest absolute Gasteiger partial charge is 0.242 e. The summed E-state index contributed by atoms with van der Waals surface area (Å²) in [6, 6.07) is 4.81. The maximum atomic E-state index is 13.5. The topological polar surface area (TPSA) is 92.3 Å². The summed E-state index contributed by atoms with van der Waals surface area (Å²) in [4.78, 5) is 23.6. The van der Waals surface area contributed by atoms with Gasteiger partial charge >= 0.3 is 0 Å². The summed E-state index contributed by atoms with van der Waals surface area (Å²) >= 11 is 0. The first-order valence-corrected chi connectivity index (χ1v) is 9.20.